The first-order chi connectivity index (χ1) is 17.8. The minimum absolute atomic E-state index is 0.140. The van der Waals surface area contributed by atoms with Gasteiger partial charge in [-0.2, -0.15) is 4.57 Å². The van der Waals surface area contributed by atoms with Crippen molar-refractivity contribution >= 4 is 33.3 Å². The molecule has 3 rings (SSSR count). The van der Waals surface area contributed by atoms with Crippen LogP contribution in [0.25, 0.3) is 0 Å². The zero-order valence-electron chi connectivity index (χ0n) is 21.7. The van der Waals surface area contributed by atoms with Gasteiger partial charge >= 0.3 is 0 Å². The van der Waals surface area contributed by atoms with E-state index in [2.05, 4.69) is 6.92 Å². The maximum Gasteiger partial charge on any atom is 0.275 e. The molecular formula is C30H39Cl2NO3S. The van der Waals surface area contributed by atoms with Gasteiger partial charge in [0.05, 0.1) is 4.90 Å². The van der Waals surface area contributed by atoms with Crippen molar-refractivity contribution < 1.29 is 17.5 Å². The molecule has 0 radical (unpaired) electrons. The Balaban J connectivity index is 0.000000278. The maximum atomic E-state index is 10.8. The third-order valence-corrected chi connectivity index (χ3v) is 7.63. The van der Waals surface area contributed by atoms with Crippen LogP contribution in [-0.2, 0) is 23.1 Å². The number of halogens is 2. The molecule has 3 aromatic rings. The highest BCUT2D eigenvalue weighted by Crippen LogP contribution is 2.15. The lowest BCUT2D eigenvalue weighted by atomic mass is 10.0. The fraction of sp³-hybridized carbons (Fsp3) is 0.433. The lowest BCUT2D eigenvalue weighted by Crippen LogP contribution is -2.34. The van der Waals surface area contributed by atoms with Crippen molar-refractivity contribution in [2.45, 2.75) is 89.0 Å². The lowest BCUT2D eigenvalue weighted by Gasteiger charge is -2.08. The van der Waals surface area contributed by atoms with E-state index in [1.54, 1.807) is 12.1 Å². The van der Waals surface area contributed by atoms with Crippen LogP contribution >= 0.6 is 23.2 Å². The summed E-state index contributed by atoms with van der Waals surface area (Å²) in [7, 11) is -4.31. The van der Waals surface area contributed by atoms with Crippen LogP contribution in [0.5, 0.6) is 0 Å². The van der Waals surface area contributed by atoms with Crippen LogP contribution in [0.1, 0.15) is 82.3 Å². The molecule has 0 saturated carbocycles. The molecular weight excluding hydrogens is 525 g/mol. The number of unbranched alkanes of at least 4 members (excludes halogenated alkanes) is 9. The van der Waals surface area contributed by atoms with E-state index in [4.69, 9.17) is 23.2 Å². The fourth-order valence-corrected chi connectivity index (χ4v) is 4.79. The summed E-state index contributed by atoms with van der Waals surface area (Å²) in [5, 5.41) is 1.48. The molecule has 0 saturated heterocycles. The standard InChI is InChI=1S/C18H30O3S.C12H10Cl2N/c1-2-3-4-5-6-7-8-9-10-11-12-17-13-15-18(16-14-17)22(19,20)21;13-11-6-4-10(5-7-11)9-15-8-2-1-3-12(15)14/h13-16H,2-12H2,1H3,(H,19,20,21);1-8H,9H2/q;+1/p-1. The van der Waals surface area contributed by atoms with E-state index in [0.717, 1.165) is 35.1 Å². The van der Waals surface area contributed by atoms with E-state index in [-0.39, 0.29) is 4.90 Å². The molecule has 0 N–H and O–H groups in total. The molecule has 37 heavy (non-hydrogen) atoms. The fourth-order valence-electron chi connectivity index (χ4n) is 4.01. The van der Waals surface area contributed by atoms with E-state index < -0.39 is 10.1 Å². The highest BCUT2D eigenvalue weighted by Gasteiger charge is 2.07. The first kappa shape index (κ1) is 31.3. The van der Waals surface area contributed by atoms with Gasteiger partial charge in [0.15, 0.2) is 12.7 Å². The van der Waals surface area contributed by atoms with Crippen molar-refractivity contribution in [2.24, 2.45) is 0 Å². The number of hydrogen-bond donors (Lipinski definition) is 0. The second-order valence-corrected chi connectivity index (χ2v) is 11.5. The summed E-state index contributed by atoms with van der Waals surface area (Å²) in [4.78, 5) is -0.140. The molecule has 7 heteroatoms. The largest absolute Gasteiger partial charge is 0.744 e. The van der Waals surface area contributed by atoms with E-state index in [1.807, 2.05) is 53.2 Å². The van der Waals surface area contributed by atoms with Gasteiger partial charge in [-0.25, -0.2) is 8.42 Å². The van der Waals surface area contributed by atoms with E-state index in [9.17, 15) is 13.0 Å². The predicted molar refractivity (Wildman–Crippen MR) is 152 cm³/mol. The van der Waals surface area contributed by atoms with E-state index in [0.29, 0.717) is 0 Å². The molecule has 4 nitrogen and oxygen atoms in total. The Kier molecular flexibility index (Phi) is 14.9. The van der Waals surface area contributed by atoms with Gasteiger partial charge in [-0.1, -0.05) is 101 Å². The Bertz CT molecular complexity index is 1130. The van der Waals surface area contributed by atoms with Crippen molar-refractivity contribution in [1.29, 1.82) is 0 Å². The minimum Gasteiger partial charge on any atom is -0.744 e. The summed E-state index contributed by atoms with van der Waals surface area (Å²) in [6.45, 7) is 3.00. The molecule has 1 aromatic heterocycles. The molecule has 0 bridgehead atoms. The number of rotatable bonds is 14. The summed E-state index contributed by atoms with van der Waals surface area (Å²) < 4.78 is 34.5. The van der Waals surface area contributed by atoms with Gasteiger partial charge in [0.1, 0.15) is 10.1 Å². The molecule has 0 amide bonds. The van der Waals surface area contributed by atoms with E-state index >= 15 is 0 Å². The zero-order chi connectivity index (χ0) is 26.9. The molecule has 0 unspecified atom stereocenters. The normalized spacial score (nSPS) is 11.1. The highest BCUT2D eigenvalue weighted by molar-refractivity contribution is 7.85. The molecule has 1 heterocycles. The summed E-state index contributed by atoms with van der Waals surface area (Å²) >= 11 is 11.9. The number of aryl methyl sites for hydroxylation is 1. The van der Waals surface area contributed by atoms with Crippen molar-refractivity contribution in [3.8, 4) is 0 Å². The third kappa shape index (κ3) is 13.4. The Morgan fingerprint density at radius 3 is 1.78 bits per heavy atom. The number of hydrogen-bond acceptors (Lipinski definition) is 3. The molecule has 0 fully saturated rings. The quantitative estimate of drug-likeness (QED) is 0.0855. The number of benzene rings is 2. The summed E-state index contributed by atoms with van der Waals surface area (Å²) in [5.41, 5.74) is 2.28. The number of aromatic nitrogens is 1. The average Bonchev–Trinajstić information content (AvgIpc) is 2.88. The Morgan fingerprint density at radius 2 is 1.24 bits per heavy atom. The van der Waals surface area contributed by atoms with Crippen LogP contribution in [0.15, 0.2) is 77.8 Å². The molecule has 0 aliphatic heterocycles. The van der Waals surface area contributed by atoms with Crippen molar-refractivity contribution in [1.82, 2.24) is 0 Å². The van der Waals surface area contributed by atoms with Gasteiger partial charge < -0.3 is 4.55 Å². The lowest BCUT2D eigenvalue weighted by molar-refractivity contribution is -0.686. The molecule has 202 valence electrons. The van der Waals surface area contributed by atoms with Crippen molar-refractivity contribution in [3.63, 3.8) is 0 Å². The van der Waals surface area contributed by atoms with Crippen molar-refractivity contribution in [3.05, 3.63) is 94.2 Å². The first-order valence-electron chi connectivity index (χ1n) is 13.2. The van der Waals surface area contributed by atoms with Crippen LogP contribution in [0.2, 0.25) is 10.2 Å². The van der Waals surface area contributed by atoms with Crippen LogP contribution in [0.3, 0.4) is 0 Å². The topological polar surface area (TPSA) is 61.1 Å². The van der Waals surface area contributed by atoms with Crippen LogP contribution < -0.4 is 4.57 Å². The van der Waals surface area contributed by atoms with Crippen LogP contribution in [-0.4, -0.2) is 13.0 Å². The van der Waals surface area contributed by atoms with Gasteiger partial charge in [-0.15, -0.1) is 0 Å². The minimum atomic E-state index is -4.31. The summed E-state index contributed by atoms with van der Waals surface area (Å²) in [6, 6.07) is 19.8. The van der Waals surface area contributed by atoms with Gasteiger partial charge in [0.2, 0.25) is 0 Å². The van der Waals surface area contributed by atoms with Gasteiger partial charge in [-0.05, 0) is 60.3 Å². The van der Waals surface area contributed by atoms with Gasteiger partial charge in [0, 0.05) is 22.7 Å². The van der Waals surface area contributed by atoms with Crippen molar-refractivity contribution in [2.75, 3.05) is 0 Å². The predicted octanol–water partition coefficient (Wildman–Crippen LogP) is 8.38. The monoisotopic (exact) mass is 563 g/mol. The molecule has 0 aliphatic rings. The first-order valence-corrected chi connectivity index (χ1v) is 15.4. The third-order valence-electron chi connectivity index (χ3n) is 6.18. The molecule has 2 aromatic carbocycles. The molecule has 0 spiro atoms. The van der Waals surface area contributed by atoms with E-state index in [1.165, 1.54) is 75.5 Å². The Morgan fingerprint density at radius 1 is 0.703 bits per heavy atom. The van der Waals surface area contributed by atoms with Crippen LogP contribution in [0.4, 0.5) is 0 Å². The summed E-state index contributed by atoms with van der Waals surface area (Å²) in [5.74, 6) is 0. The zero-order valence-corrected chi connectivity index (χ0v) is 24.1. The second kappa shape index (κ2) is 17.6. The average molecular weight is 565 g/mol. The number of nitrogens with zero attached hydrogens (tertiary/aromatic N) is 1. The molecule has 0 atom stereocenters. The highest BCUT2D eigenvalue weighted by atomic mass is 35.5. The van der Waals surface area contributed by atoms with Gasteiger partial charge in [0.25, 0.3) is 5.15 Å². The van der Waals surface area contributed by atoms with Crippen LogP contribution in [0, 0.1) is 0 Å². The molecule has 0 aliphatic carbocycles. The van der Waals surface area contributed by atoms with Gasteiger partial charge in [-0.3, -0.25) is 0 Å². The second-order valence-electron chi connectivity index (χ2n) is 9.31. The smallest absolute Gasteiger partial charge is 0.275 e. The maximum absolute atomic E-state index is 10.8. The SMILES string of the molecule is CCCCCCCCCCCCc1ccc(S(=O)(=O)[O-])cc1.Clc1ccc(C[n+]2ccccc2Cl)cc1. The Hall–Kier alpha value is -1.92. The summed E-state index contributed by atoms with van der Waals surface area (Å²) in [6.07, 6.45) is 16.0. The number of pyridine rings is 1. The Labute approximate surface area is 233 Å².